The van der Waals surface area contributed by atoms with Gasteiger partial charge in [0, 0.05) is 31.4 Å². The van der Waals surface area contributed by atoms with E-state index < -0.39 is 17.8 Å². The molecule has 1 aliphatic rings. The van der Waals surface area contributed by atoms with Crippen molar-refractivity contribution in [3.8, 4) is 0 Å². The fourth-order valence-electron chi connectivity index (χ4n) is 2.94. The largest absolute Gasteiger partial charge is 0.481 e. The van der Waals surface area contributed by atoms with Gasteiger partial charge in [-0.15, -0.1) is 0 Å². The van der Waals surface area contributed by atoms with Crippen LogP contribution in [-0.4, -0.2) is 42.6 Å². The quantitative estimate of drug-likeness (QED) is 0.657. The van der Waals surface area contributed by atoms with Crippen molar-refractivity contribution in [3.63, 3.8) is 0 Å². The third-order valence-electron chi connectivity index (χ3n) is 4.64. The van der Waals surface area contributed by atoms with E-state index in [9.17, 15) is 19.5 Å². The Morgan fingerprint density at radius 1 is 1.26 bits per heavy atom. The molecule has 148 valence electrons. The zero-order valence-electron chi connectivity index (χ0n) is 15.5. The van der Waals surface area contributed by atoms with Crippen molar-refractivity contribution in [2.45, 2.75) is 26.7 Å². The molecule has 0 spiro atoms. The lowest BCUT2D eigenvalue weighted by Gasteiger charge is -2.27. The van der Waals surface area contributed by atoms with Crippen LogP contribution in [0.4, 0.5) is 5.69 Å². The van der Waals surface area contributed by atoms with E-state index in [2.05, 4.69) is 10.6 Å². The van der Waals surface area contributed by atoms with Crippen molar-refractivity contribution in [1.29, 1.82) is 0 Å². The second-order valence-electron chi connectivity index (χ2n) is 6.94. The van der Waals surface area contributed by atoms with Crippen molar-refractivity contribution >= 4 is 35.1 Å². The number of carbonyl (C=O) groups is 3. The Bertz CT molecular complexity index is 701. The fourth-order valence-corrected chi connectivity index (χ4v) is 3.14. The number of hydrogen-bond acceptors (Lipinski definition) is 4. The van der Waals surface area contributed by atoms with Gasteiger partial charge in [-0.05, 0) is 37.0 Å². The van der Waals surface area contributed by atoms with E-state index in [-0.39, 0.29) is 34.9 Å². The smallest absolute Gasteiger partial charge is 0.308 e. The highest BCUT2D eigenvalue weighted by Gasteiger charge is 2.30. The summed E-state index contributed by atoms with van der Waals surface area (Å²) in [6.07, 6.45) is 1.31. The van der Waals surface area contributed by atoms with Crippen molar-refractivity contribution < 1.29 is 24.2 Å². The molecule has 2 amide bonds. The SMILES string of the molecule is CC(C)C(=O)Nc1ccc(Cl)c(C(=O)NCC(C(=O)O)C2CCOCC2)c1. The Morgan fingerprint density at radius 2 is 1.93 bits per heavy atom. The van der Waals surface area contributed by atoms with Crippen LogP contribution in [0.25, 0.3) is 0 Å². The third-order valence-corrected chi connectivity index (χ3v) is 4.97. The number of rotatable bonds is 7. The zero-order valence-corrected chi connectivity index (χ0v) is 16.2. The van der Waals surface area contributed by atoms with E-state index >= 15 is 0 Å². The summed E-state index contributed by atoms with van der Waals surface area (Å²) in [4.78, 5) is 35.9. The predicted molar refractivity (Wildman–Crippen MR) is 102 cm³/mol. The maximum Gasteiger partial charge on any atom is 0.308 e. The summed E-state index contributed by atoms with van der Waals surface area (Å²) >= 11 is 6.11. The fraction of sp³-hybridized carbons (Fsp3) is 0.526. The Hall–Kier alpha value is -2.12. The second kappa shape index (κ2) is 9.71. The highest BCUT2D eigenvalue weighted by molar-refractivity contribution is 6.34. The molecule has 7 nitrogen and oxygen atoms in total. The number of anilines is 1. The van der Waals surface area contributed by atoms with Crippen LogP contribution in [0, 0.1) is 17.8 Å². The number of halogens is 1. The molecular formula is C19H25ClN2O5. The average Bonchev–Trinajstić information content (AvgIpc) is 2.63. The van der Waals surface area contributed by atoms with E-state index in [1.54, 1.807) is 19.9 Å². The van der Waals surface area contributed by atoms with Gasteiger partial charge >= 0.3 is 5.97 Å². The van der Waals surface area contributed by atoms with Gasteiger partial charge in [0.1, 0.15) is 0 Å². The number of ether oxygens (including phenoxy) is 1. The highest BCUT2D eigenvalue weighted by atomic mass is 35.5. The zero-order chi connectivity index (χ0) is 20.0. The molecule has 1 unspecified atom stereocenters. The molecule has 3 N–H and O–H groups in total. The van der Waals surface area contributed by atoms with Crippen LogP contribution in [0.1, 0.15) is 37.0 Å². The number of aliphatic carboxylic acids is 1. The van der Waals surface area contributed by atoms with Crippen LogP contribution in [-0.2, 0) is 14.3 Å². The Balaban J connectivity index is 2.05. The van der Waals surface area contributed by atoms with Gasteiger partial charge in [0.2, 0.25) is 5.91 Å². The summed E-state index contributed by atoms with van der Waals surface area (Å²) in [6.45, 7) is 4.61. The number of carbonyl (C=O) groups excluding carboxylic acids is 2. The molecule has 0 aromatic heterocycles. The van der Waals surface area contributed by atoms with E-state index in [1.165, 1.54) is 12.1 Å². The molecule has 0 radical (unpaired) electrons. The van der Waals surface area contributed by atoms with E-state index in [4.69, 9.17) is 16.3 Å². The maximum atomic E-state index is 12.5. The van der Waals surface area contributed by atoms with Crippen LogP contribution in [0.2, 0.25) is 5.02 Å². The molecule has 2 rings (SSSR count). The Labute approximate surface area is 163 Å². The lowest BCUT2D eigenvalue weighted by Crippen LogP contribution is -2.39. The third kappa shape index (κ3) is 5.94. The van der Waals surface area contributed by atoms with Gasteiger partial charge in [0.15, 0.2) is 0 Å². The number of benzene rings is 1. The van der Waals surface area contributed by atoms with E-state index in [0.717, 1.165) is 0 Å². The molecule has 27 heavy (non-hydrogen) atoms. The summed E-state index contributed by atoms with van der Waals surface area (Å²) in [5.41, 5.74) is 0.650. The second-order valence-corrected chi connectivity index (χ2v) is 7.35. The summed E-state index contributed by atoms with van der Waals surface area (Å²) in [5, 5.41) is 15.1. The minimum absolute atomic E-state index is 0.0116. The van der Waals surface area contributed by atoms with Crippen molar-refractivity contribution in [3.05, 3.63) is 28.8 Å². The van der Waals surface area contributed by atoms with Gasteiger partial charge < -0.3 is 20.5 Å². The van der Waals surface area contributed by atoms with Gasteiger partial charge in [-0.3, -0.25) is 14.4 Å². The first-order valence-electron chi connectivity index (χ1n) is 8.98. The van der Waals surface area contributed by atoms with Crippen LogP contribution in [0.3, 0.4) is 0 Å². The highest BCUT2D eigenvalue weighted by Crippen LogP contribution is 2.25. The standard InChI is InChI=1S/C19H25ClN2O5/c1-11(2)17(23)22-13-3-4-16(20)14(9-13)18(24)21-10-15(19(25)26)12-5-7-27-8-6-12/h3-4,9,11-12,15H,5-8,10H2,1-2H3,(H,21,24)(H,22,23)(H,25,26). The van der Waals surface area contributed by atoms with Crippen molar-refractivity contribution in [2.75, 3.05) is 25.1 Å². The van der Waals surface area contributed by atoms with E-state index in [0.29, 0.717) is 31.7 Å². The number of hydrogen-bond donors (Lipinski definition) is 3. The number of nitrogens with one attached hydrogen (secondary N) is 2. The van der Waals surface area contributed by atoms with Crippen molar-refractivity contribution in [2.24, 2.45) is 17.8 Å². The molecule has 1 heterocycles. The number of amides is 2. The summed E-state index contributed by atoms with van der Waals surface area (Å²) in [6, 6.07) is 4.63. The molecule has 0 saturated carbocycles. The van der Waals surface area contributed by atoms with Crippen LogP contribution in [0.15, 0.2) is 18.2 Å². The minimum atomic E-state index is -0.939. The van der Waals surface area contributed by atoms with Crippen LogP contribution < -0.4 is 10.6 Å². The van der Waals surface area contributed by atoms with Gasteiger partial charge in [-0.2, -0.15) is 0 Å². The first-order chi connectivity index (χ1) is 12.8. The van der Waals surface area contributed by atoms with Crippen LogP contribution in [0.5, 0.6) is 0 Å². The molecule has 8 heteroatoms. The molecule has 0 aliphatic carbocycles. The van der Waals surface area contributed by atoms with Gasteiger partial charge in [-0.25, -0.2) is 0 Å². The first-order valence-corrected chi connectivity index (χ1v) is 9.36. The normalized spacial score (nSPS) is 16.0. The molecule has 1 fully saturated rings. The Morgan fingerprint density at radius 3 is 2.52 bits per heavy atom. The average molecular weight is 397 g/mol. The molecular weight excluding hydrogens is 372 g/mol. The van der Waals surface area contributed by atoms with Crippen LogP contribution >= 0.6 is 11.6 Å². The summed E-state index contributed by atoms with van der Waals surface area (Å²) in [5.74, 6) is -2.50. The molecule has 0 bridgehead atoms. The maximum absolute atomic E-state index is 12.5. The minimum Gasteiger partial charge on any atom is -0.481 e. The molecule has 1 saturated heterocycles. The molecule has 1 aliphatic heterocycles. The number of carboxylic acid groups (broad SMARTS) is 1. The summed E-state index contributed by atoms with van der Waals surface area (Å²) < 4.78 is 5.27. The first kappa shape index (κ1) is 21.2. The van der Waals surface area contributed by atoms with Gasteiger partial charge in [0.05, 0.1) is 16.5 Å². The lowest BCUT2D eigenvalue weighted by atomic mass is 9.86. The monoisotopic (exact) mass is 396 g/mol. The molecule has 1 aromatic rings. The van der Waals surface area contributed by atoms with Gasteiger partial charge in [0.25, 0.3) is 5.91 Å². The van der Waals surface area contributed by atoms with E-state index in [1.807, 2.05) is 0 Å². The predicted octanol–water partition coefficient (Wildman–Crippen LogP) is 2.79. The van der Waals surface area contributed by atoms with Crippen molar-refractivity contribution in [1.82, 2.24) is 5.32 Å². The topological polar surface area (TPSA) is 105 Å². The van der Waals surface area contributed by atoms with Gasteiger partial charge in [-0.1, -0.05) is 25.4 Å². The molecule has 1 atom stereocenters. The molecule has 1 aromatic carbocycles. The Kier molecular flexibility index (Phi) is 7.62. The number of carboxylic acids is 1. The summed E-state index contributed by atoms with van der Waals surface area (Å²) in [7, 11) is 0. The lowest BCUT2D eigenvalue weighted by molar-refractivity contribution is -0.144.